The first kappa shape index (κ1) is 16.1. The molecule has 0 radical (unpaired) electrons. The Labute approximate surface area is 123 Å². The summed E-state index contributed by atoms with van der Waals surface area (Å²) < 4.78 is 10.4. The minimum Gasteiger partial charge on any atom is -0.497 e. The number of benzene rings is 1. The molecule has 1 aromatic rings. The Morgan fingerprint density at radius 2 is 1.68 bits per heavy atom. The third kappa shape index (κ3) is 5.70. The van der Waals surface area contributed by atoms with E-state index < -0.39 is 4.84 Å². The Balaban J connectivity index is 2.46. The predicted octanol–water partition coefficient (Wildman–Crippen LogP) is 3.79. The number of halogens is 2. The van der Waals surface area contributed by atoms with Crippen LogP contribution in [0.1, 0.15) is 24.8 Å². The van der Waals surface area contributed by atoms with Crippen LogP contribution >= 0.6 is 23.2 Å². The maximum Gasteiger partial charge on any atom is 0.165 e. The van der Waals surface area contributed by atoms with Gasteiger partial charge in [-0.2, -0.15) is 0 Å². The van der Waals surface area contributed by atoms with Crippen LogP contribution in [0.15, 0.2) is 18.2 Å². The Hall–Kier alpha value is -0.930. The van der Waals surface area contributed by atoms with E-state index in [-0.39, 0.29) is 5.78 Å². The van der Waals surface area contributed by atoms with Gasteiger partial charge in [0.15, 0.2) is 10.6 Å². The molecular formula is C14H18Cl2O3. The highest BCUT2D eigenvalue weighted by atomic mass is 35.5. The van der Waals surface area contributed by atoms with Crippen LogP contribution in [0.25, 0.3) is 0 Å². The molecule has 0 aliphatic rings. The van der Waals surface area contributed by atoms with Gasteiger partial charge in [0.1, 0.15) is 11.5 Å². The number of methoxy groups -OCH3 is 2. The van der Waals surface area contributed by atoms with Gasteiger partial charge in [0.2, 0.25) is 0 Å². The van der Waals surface area contributed by atoms with Gasteiger partial charge in [0, 0.05) is 12.5 Å². The van der Waals surface area contributed by atoms with Crippen LogP contribution in [0.2, 0.25) is 0 Å². The monoisotopic (exact) mass is 304 g/mol. The van der Waals surface area contributed by atoms with Crippen LogP contribution in [0.5, 0.6) is 11.5 Å². The molecule has 0 aliphatic heterocycles. The van der Waals surface area contributed by atoms with Crippen molar-refractivity contribution in [2.45, 2.75) is 30.5 Å². The molecule has 106 valence electrons. The standard InChI is InChI=1S/C14H18Cl2O3/c1-18-11-7-10(8-12(9-11)19-2)5-3-4-6-13(17)14(15)16/h7-9,14H,3-6H2,1-2H3. The van der Waals surface area contributed by atoms with Crippen molar-refractivity contribution < 1.29 is 14.3 Å². The topological polar surface area (TPSA) is 35.5 Å². The van der Waals surface area contributed by atoms with Crippen LogP contribution in [0.3, 0.4) is 0 Å². The van der Waals surface area contributed by atoms with Crippen molar-refractivity contribution in [2.24, 2.45) is 0 Å². The second-order valence-electron chi connectivity index (χ2n) is 4.20. The first-order valence-electron chi connectivity index (χ1n) is 6.09. The molecule has 19 heavy (non-hydrogen) atoms. The molecule has 1 rings (SSSR count). The fourth-order valence-corrected chi connectivity index (χ4v) is 1.97. The highest BCUT2D eigenvalue weighted by Gasteiger charge is 2.10. The van der Waals surface area contributed by atoms with Gasteiger partial charge < -0.3 is 9.47 Å². The number of carbonyl (C=O) groups excluding carboxylic acids is 1. The molecule has 3 nitrogen and oxygen atoms in total. The van der Waals surface area contributed by atoms with Crippen LogP contribution in [0, 0.1) is 0 Å². The van der Waals surface area contributed by atoms with E-state index in [9.17, 15) is 4.79 Å². The number of hydrogen-bond donors (Lipinski definition) is 0. The quantitative estimate of drug-likeness (QED) is 0.541. The van der Waals surface area contributed by atoms with E-state index in [1.165, 1.54) is 0 Å². The van der Waals surface area contributed by atoms with Gasteiger partial charge in [-0.3, -0.25) is 4.79 Å². The molecule has 0 N–H and O–H groups in total. The summed E-state index contributed by atoms with van der Waals surface area (Å²) in [6.45, 7) is 0. The zero-order valence-electron chi connectivity index (χ0n) is 11.1. The third-order valence-corrected chi connectivity index (χ3v) is 3.28. The number of alkyl halides is 2. The maximum absolute atomic E-state index is 11.3. The molecule has 0 amide bonds. The molecular weight excluding hydrogens is 287 g/mol. The molecule has 1 aromatic carbocycles. The summed E-state index contributed by atoms with van der Waals surface area (Å²) in [6.07, 6.45) is 2.94. The Morgan fingerprint density at radius 1 is 1.11 bits per heavy atom. The summed E-state index contributed by atoms with van der Waals surface area (Å²) in [7, 11) is 3.25. The number of aryl methyl sites for hydroxylation is 1. The first-order chi connectivity index (χ1) is 9.06. The van der Waals surface area contributed by atoms with E-state index >= 15 is 0 Å². The number of hydrogen-bond acceptors (Lipinski definition) is 3. The number of ether oxygens (including phenoxy) is 2. The molecule has 0 aromatic heterocycles. The summed E-state index contributed by atoms with van der Waals surface area (Å²) in [5, 5.41) is 0. The molecule has 0 atom stereocenters. The second kappa shape index (κ2) is 8.28. The third-order valence-electron chi connectivity index (χ3n) is 2.79. The number of ketones is 1. The van der Waals surface area contributed by atoms with Gasteiger partial charge in [0.25, 0.3) is 0 Å². The smallest absolute Gasteiger partial charge is 0.165 e. The van der Waals surface area contributed by atoms with Crippen LogP contribution in [-0.4, -0.2) is 24.8 Å². The summed E-state index contributed by atoms with van der Waals surface area (Å²) in [5.41, 5.74) is 1.12. The predicted molar refractivity (Wildman–Crippen MR) is 77.6 cm³/mol. The average molecular weight is 305 g/mol. The summed E-state index contributed by atoms with van der Waals surface area (Å²) in [5.74, 6) is 1.42. The van der Waals surface area contributed by atoms with Crippen molar-refractivity contribution in [2.75, 3.05) is 14.2 Å². The van der Waals surface area contributed by atoms with Gasteiger partial charge in [-0.15, -0.1) is 0 Å². The lowest BCUT2D eigenvalue weighted by Crippen LogP contribution is -2.06. The molecule has 0 bridgehead atoms. The molecule has 0 fully saturated rings. The van der Waals surface area contributed by atoms with E-state index in [1.807, 2.05) is 18.2 Å². The number of rotatable bonds is 8. The second-order valence-corrected chi connectivity index (χ2v) is 5.29. The lowest BCUT2D eigenvalue weighted by molar-refractivity contribution is -0.117. The summed E-state index contributed by atoms with van der Waals surface area (Å²) in [6, 6.07) is 5.77. The largest absolute Gasteiger partial charge is 0.497 e. The van der Waals surface area contributed by atoms with Crippen molar-refractivity contribution in [3.8, 4) is 11.5 Å². The van der Waals surface area contributed by atoms with Crippen molar-refractivity contribution in [3.05, 3.63) is 23.8 Å². The SMILES string of the molecule is COc1cc(CCCCC(=O)C(Cl)Cl)cc(OC)c1. The Kier molecular flexibility index (Phi) is 7.03. The van der Waals surface area contributed by atoms with E-state index in [1.54, 1.807) is 14.2 Å². The lowest BCUT2D eigenvalue weighted by atomic mass is 10.1. The highest BCUT2D eigenvalue weighted by Crippen LogP contribution is 2.23. The average Bonchev–Trinajstić information content (AvgIpc) is 2.42. The minimum atomic E-state index is -0.906. The van der Waals surface area contributed by atoms with E-state index in [0.29, 0.717) is 6.42 Å². The molecule has 0 saturated heterocycles. The van der Waals surface area contributed by atoms with Gasteiger partial charge in [-0.1, -0.05) is 23.2 Å². The molecule has 0 spiro atoms. The van der Waals surface area contributed by atoms with Crippen molar-refractivity contribution in [3.63, 3.8) is 0 Å². The van der Waals surface area contributed by atoms with Crippen molar-refractivity contribution >= 4 is 29.0 Å². The summed E-state index contributed by atoms with van der Waals surface area (Å²) in [4.78, 5) is 10.3. The van der Waals surface area contributed by atoms with Gasteiger partial charge in [-0.25, -0.2) is 0 Å². The Bertz CT molecular complexity index is 397. The number of unbranched alkanes of at least 4 members (excludes halogenated alkanes) is 1. The lowest BCUT2D eigenvalue weighted by Gasteiger charge is -2.08. The first-order valence-corrected chi connectivity index (χ1v) is 6.97. The maximum atomic E-state index is 11.3. The molecule has 0 unspecified atom stereocenters. The van der Waals surface area contributed by atoms with Crippen LogP contribution < -0.4 is 9.47 Å². The Morgan fingerprint density at radius 3 is 2.16 bits per heavy atom. The van der Waals surface area contributed by atoms with Crippen molar-refractivity contribution in [1.82, 2.24) is 0 Å². The minimum absolute atomic E-state index is 0.119. The number of Topliss-reactive ketones (excluding diaryl/α,β-unsaturated/α-hetero) is 1. The van der Waals surface area contributed by atoms with Crippen LogP contribution in [-0.2, 0) is 11.2 Å². The van der Waals surface area contributed by atoms with Gasteiger partial charge in [0.05, 0.1) is 14.2 Å². The fourth-order valence-electron chi connectivity index (χ4n) is 1.75. The van der Waals surface area contributed by atoms with E-state index in [4.69, 9.17) is 32.7 Å². The van der Waals surface area contributed by atoms with Gasteiger partial charge >= 0.3 is 0 Å². The molecule has 5 heteroatoms. The van der Waals surface area contributed by atoms with Crippen molar-refractivity contribution in [1.29, 1.82) is 0 Å². The zero-order chi connectivity index (χ0) is 14.3. The summed E-state index contributed by atoms with van der Waals surface area (Å²) >= 11 is 11.0. The van der Waals surface area contributed by atoms with E-state index in [0.717, 1.165) is 36.3 Å². The molecule has 0 heterocycles. The van der Waals surface area contributed by atoms with Gasteiger partial charge in [-0.05, 0) is 37.0 Å². The fraction of sp³-hybridized carbons (Fsp3) is 0.500. The highest BCUT2D eigenvalue weighted by molar-refractivity contribution is 6.53. The molecule has 0 aliphatic carbocycles. The number of carbonyl (C=O) groups is 1. The van der Waals surface area contributed by atoms with Crippen LogP contribution in [0.4, 0.5) is 0 Å². The van der Waals surface area contributed by atoms with E-state index in [2.05, 4.69) is 0 Å². The molecule has 0 saturated carbocycles. The zero-order valence-corrected chi connectivity index (χ0v) is 12.6. The normalized spacial score (nSPS) is 10.6.